The lowest BCUT2D eigenvalue weighted by Crippen LogP contribution is -2.39. The molecule has 0 amide bonds. The van der Waals surface area contributed by atoms with Crippen molar-refractivity contribution in [3.8, 4) is 0 Å². The minimum Gasteiger partial charge on any atom is -0.411 e. The van der Waals surface area contributed by atoms with Gasteiger partial charge in [-0.25, -0.2) is 0 Å². The van der Waals surface area contributed by atoms with E-state index in [2.05, 4.69) is 10.1 Å². The summed E-state index contributed by atoms with van der Waals surface area (Å²) in [7, 11) is 0. The number of nitrogens with zero attached hydrogens (tertiary/aromatic N) is 2. The quantitative estimate of drug-likeness (QED) is 0.592. The van der Waals surface area contributed by atoms with Crippen LogP contribution in [0.2, 0.25) is 0 Å². The van der Waals surface area contributed by atoms with Gasteiger partial charge in [-0.1, -0.05) is 5.16 Å². The van der Waals surface area contributed by atoms with Crippen LogP contribution in [-0.4, -0.2) is 61.4 Å². The molecule has 0 aromatic carbocycles. The van der Waals surface area contributed by atoms with Gasteiger partial charge in [0.15, 0.2) is 0 Å². The highest BCUT2D eigenvalue weighted by Gasteiger charge is 2.18. The molecule has 2 aliphatic rings. The van der Waals surface area contributed by atoms with Crippen molar-refractivity contribution in [1.29, 1.82) is 0 Å². The number of morpholine rings is 1. The van der Waals surface area contributed by atoms with Crippen molar-refractivity contribution in [3.63, 3.8) is 0 Å². The maximum absolute atomic E-state index is 8.65. The molecule has 0 unspecified atom stereocenters. The highest BCUT2D eigenvalue weighted by atomic mass is 16.5. The van der Waals surface area contributed by atoms with E-state index in [-0.39, 0.29) is 0 Å². The second-order valence-corrected chi connectivity index (χ2v) is 4.69. The van der Waals surface area contributed by atoms with Gasteiger partial charge in [0, 0.05) is 19.6 Å². The first-order valence-electron chi connectivity index (χ1n) is 6.50. The predicted octanol–water partition coefficient (Wildman–Crippen LogP) is 1.11. The lowest BCUT2D eigenvalue weighted by atomic mass is 9.96. The van der Waals surface area contributed by atoms with Crippen molar-refractivity contribution in [1.82, 2.24) is 4.90 Å². The standard InChI is InChI=1S/C12H22N2O3/c15-13-11-1-3-12(4-2-11)17-10-7-14-5-8-16-9-6-14/h12,15H,1-10H2. The summed E-state index contributed by atoms with van der Waals surface area (Å²) in [6.45, 7) is 5.54. The summed E-state index contributed by atoms with van der Waals surface area (Å²) in [5.74, 6) is 0. The molecule has 5 heteroatoms. The third-order valence-corrected chi connectivity index (χ3v) is 3.52. The second kappa shape index (κ2) is 6.93. The van der Waals surface area contributed by atoms with Crippen molar-refractivity contribution in [2.75, 3.05) is 39.5 Å². The average Bonchev–Trinajstić information content (AvgIpc) is 2.41. The van der Waals surface area contributed by atoms with Crippen molar-refractivity contribution in [2.24, 2.45) is 5.16 Å². The van der Waals surface area contributed by atoms with Gasteiger partial charge in [0.05, 0.1) is 31.6 Å². The summed E-state index contributed by atoms with van der Waals surface area (Å²) in [6.07, 6.45) is 4.07. The smallest absolute Gasteiger partial charge is 0.0597 e. The van der Waals surface area contributed by atoms with Crippen LogP contribution in [0.15, 0.2) is 5.16 Å². The van der Waals surface area contributed by atoms with Crippen LogP contribution in [0.5, 0.6) is 0 Å². The van der Waals surface area contributed by atoms with E-state index >= 15 is 0 Å². The number of rotatable bonds is 4. The molecular formula is C12H22N2O3. The molecule has 1 heterocycles. The van der Waals surface area contributed by atoms with E-state index in [9.17, 15) is 0 Å². The molecular weight excluding hydrogens is 220 g/mol. The highest BCUT2D eigenvalue weighted by Crippen LogP contribution is 2.18. The highest BCUT2D eigenvalue weighted by molar-refractivity contribution is 5.84. The van der Waals surface area contributed by atoms with Crippen LogP contribution in [0.1, 0.15) is 25.7 Å². The molecule has 2 rings (SSSR count). The lowest BCUT2D eigenvalue weighted by Gasteiger charge is -2.28. The molecule has 0 spiro atoms. The molecule has 0 aromatic heterocycles. The molecule has 0 bridgehead atoms. The molecule has 2 fully saturated rings. The number of ether oxygens (including phenoxy) is 2. The van der Waals surface area contributed by atoms with Gasteiger partial charge in [-0.2, -0.15) is 0 Å². The van der Waals surface area contributed by atoms with Crippen LogP contribution in [0.3, 0.4) is 0 Å². The number of oxime groups is 1. The maximum atomic E-state index is 8.65. The van der Waals surface area contributed by atoms with Crippen LogP contribution in [0, 0.1) is 0 Å². The largest absolute Gasteiger partial charge is 0.411 e. The van der Waals surface area contributed by atoms with Gasteiger partial charge < -0.3 is 14.7 Å². The van der Waals surface area contributed by atoms with Gasteiger partial charge in [-0.15, -0.1) is 0 Å². The fourth-order valence-electron chi connectivity index (χ4n) is 2.36. The van der Waals surface area contributed by atoms with Crippen LogP contribution >= 0.6 is 0 Å². The first kappa shape index (κ1) is 12.8. The lowest BCUT2D eigenvalue weighted by molar-refractivity contribution is -0.00338. The van der Waals surface area contributed by atoms with Crippen molar-refractivity contribution in [2.45, 2.75) is 31.8 Å². The molecule has 1 saturated heterocycles. The Morgan fingerprint density at radius 1 is 1.29 bits per heavy atom. The minimum atomic E-state index is 0.349. The Kier molecular flexibility index (Phi) is 5.22. The van der Waals surface area contributed by atoms with Crippen LogP contribution in [0.25, 0.3) is 0 Å². The van der Waals surface area contributed by atoms with E-state index in [1.807, 2.05) is 0 Å². The summed E-state index contributed by atoms with van der Waals surface area (Å²) < 4.78 is 11.2. The van der Waals surface area contributed by atoms with Gasteiger partial charge >= 0.3 is 0 Å². The third-order valence-electron chi connectivity index (χ3n) is 3.52. The maximum Gasteiger partial charge on any atom is 0.0597 e. The average molecular weight is 242 g/mol. The third kappa shape index (κ3) is 4.26. The summed E-state index contributed by atoms with van der Waals surface area (Å²) in [6, 6.07) is 0. The molecule has 0 atom stereocenters. The van der Waals surface area contributed by atoms with E-state index in [4.69, 9.17) is 14.7 Å². The van der Waals surface area contributed by atoms with Gasteiger partial charge in [-0.05, 0) is 25.7 Å². The first-order chi connectivity index (χ1) is 8.38. The Hall–Kier alpha value is -0.650. The fraction of sp³-hybridized carbons (Fsp3) is 0.917. The van der Waals surface area contributed by atoms with E-state index in [1.165, 1.54) is 0 Å². The monoisotopic (exact) mass is 242 g/mol. The molecule has 98 valence electrons. The minimum absolute atomic E-state index is 0.349. The Morgan fingerprint density at radius 2 is 2.00 bits per heavy atom. The van der Waals surface area contributed by atoms with Gasteiger partial charge in [-0.3, -0.25) is 4.90 Å². The summed E-state index contributed by atoms with van der Waals surface area (Å²) in [4.78, 5) is 2.38. The Bertz CT molecular complexity index is 242. The topological polar surface area (TPSA) is 54.3 Å². The molecule has 5 nitrogen and oxygen atoms in total. The normalized spacial score (nSPS) is 27.1. The molecule has 1 aliphatic heterocycles. The summed E-state index contributed by atoms with van der Waals surface area (Å²) in [5, 5.41) is 11.9. The summed E-state index contributed by atoms with van der Waals surface area (Å²) >= 11 is 0. The van der Waals surface area contributed by atoms with Gasteiger partial charge in [0.25, 0.3) is 0 Å². The van der Waals surface area contributed by atoms with Crippen LogP contribution < -0.4 is 0 Å². The second-order valence-electron chi connectivity index (χ2n) is 4.69. The van der Waals surface area contributed by atoms with Crippen LogP contribution in [0.4, 0.5) is 0 Å². The van der Waals surface area contributed by atoms with Crippen molar-refractivity contribution < 1.29 is 14.7 Å². The SMILES string of the molecule is ON=C1CCC(OCCN2CCOCC2)CC1. The van der Waals surface area contributed by atoms with Gasteiger partial charge in [0.2, 0.25) is 0 Å². The van der Waals surface area contributed by atoms with Crippen LogP contribution in [-0.2, 0) is 9.47 Å². The summed E-state index contributed by atoms with van der Waals surface area (Å²) in [5.41, 5.74) is 0.915. The zero-order valence-corrected chi connectivity index (χ0v) is 10.3. The molecule has 17 heavy (non-hydrogen) atoms. The number of hydrogen-bond donors (Lipinski definition) is 1. The van der Waals surface area contributed by atoms with Crippen molar-refractivity contribution in [3.05, 3.63) is 0 Å². The van der Waals surface area contributed by atoms with Gasteiger partial charge in [0.1, 0.15) is 0 Å². The molecule has 0 radical (unpaired) electrons. The molecule has 1 N–H and O–H groups in total. The van der Waals surface area contributed by atoms with Crippen molar-refractivity contribution >= 4 is 5.71 Å². The molecule has 1 aliphatic carbocycles. The zero-order chi connectivity index (χ0) is 11.9. The Labute approximate surface area is 102 Å². The van der Waals surface area contributed by atoms with E-state index in [0.717, 1.165) is 70.8 Å². The Balaban J connectivity index is 1.56. The predicted molar refractivity (Wildman–Crippen MR) is 64.7 cm³/mol. The van der Waals surface area contributed by atoms with E-state index in [1.54, 1.807) is 0 Å². The van der Waals surface area contributed by atoms with E-state index < -0.39 is 0 Å². The Morgan fingerprint density at radius 3 is 2.65 bits per heavy atom. The molecule has 0 aromatic rings. The number of hydrogen-bond acceptors (Lipinski definition) is 5. The van der Waals surface area contributed by atoms with E-state index in [0.29, 0.717) is 6.10 Å². The molecule has 1 saturated carbocycles. The zero-order valence-electron chi connectivity index (χ0n) is 10.3. The fourth-order valence-corrected chi connectivity index (χ4v) is 2.36. The first-order valence-corrected chi connectivity index (χ1v) is 6.50.